The van der Waals surface area contributed by atoms with Crippen molar-refractivity contribution in [3.05, 3.63) is 54.6 Å². The van der Waals surface area contributed by atoms with E-state index < -0.39 is 18.0 Å². The number of nitrogens with one attached hydrogen (secondary N) is 2. The molecule has 2 aromatic rings. The molecule has 0 radical (unpaired) electrons. The van der Waals surface area contributed by atoms with Crippen molar-refractivity contribution in [2.45, 2.75) is 13.0 Å². The molecule has 0 aromatic heterocycles. The number of rotatable bonds is 5. The van der Waals surface area contributed by atoms with Crippen molar-refractivity contribution in [1.82, 2.24) is 5.32 Å². The number of amides is 2. The molecular weight excluding hydrogens is 284 g/mol. The third-order valence-corrected chi connectivity index (χ3v) is 2.85. The molecule has 22 heavy (non-hydrogen) atoms. The Morgan fingerprint density at radius 1 is 1.05 bits per heavy atom. The van der Waals surface area contributed by atoms with Crippen LogP contribution in [0.2, 0.25) is 0 Å². The third-order valence-electron chi connectivity index (χ3n) is 2.85. The lowest BCUT2D eigenvalue weighted by molar-refractivity contribution is -0.117. The maximum absolute atomic E-state index is 12.0. The number of ether oxygens (including phenoxy) is 1. The van der Waals surface area contributed by atoms with E-state index in [4.69, 9.17) is 9.84 Å². The van der Waals surface area contributed by atoms with Crippen LogP contribution in [0.4, 0.5) is 10.5 Å². The lowest BCUT2D eigenvalue weighted by Crippen LogP contribution is -2.40. The molecule has 0 aliphatic carbocycles. The summed E-state index contributed by atoms with van der Waals surface area (Å²) in [5, 5.41) is 13.4. The summed E-state index contributed by atoms with van der Waals surface area (Å²) in [5.41, 5.74) is 0.468. The van der Waals surface area contributed by atoms with Gasteiger partial charge in [0.05, 0.1) is 5.69 Å². The van der Waals surface area contributed by atoms with Crippen LogP contribution in [0.25, 0.3) is 0 Å². The first-order chi connectivity index (χ1) is 10.6. The monoisotopic (exact) mass is 300 g/mol. The molecule has 3 N–H and O–H groups in total. The number of carbonyl (C=O) groups is 2. The first-order valence-electron chi connectivity index (χ1n) is 6.68. The van der Waals surface area contributed by atoms with Crippen molar-refractivity contribution >= 4 is 17.7 Å². The van der Waals surface area contributed by atoms with Crippen molar-refractivity contribution in [1.29, 1.82) is 0 Å². The smallest absolute Gasteiger partial charge is 0.405 e. The third kappa shape index (κ3) is 4.24. The fraction of sp³-hybridized carbons (Fsp3) is 0.125. The van der Waals surface area contributed by atoms with Gasteiger partial charge in [0.15, 0.2) is 5.75 Å². The Kier molecular flexibility index (Phi) is 4.98. The second-order valence-corrected chi connectivity index (χ2v) is 4.57. The standard InChI is InChI=1S/C16H16N2O4/c1-11(17-16(20)21)15(19)18-13-9-5-6-10-14(13)22-12-7-3-2-4-8-12/h2-11,17H,1H3,(H,18,19)(H,20,21)/t11-/m0/s1. The van der Waals surface area contributed by atoms with Gasteiger partial charge in [0.2, 0.25) is 5.91 Å². The lowest BCUT2D eigenvalue weighted by Gasteiger charge is -2.15. The van der Waals surface area contributed by atoms with Crippen LogP contribution in [0.1, 0.15) is 6.92 Å². The summed E-state index contributed by atoms with van der Waals surface area (Å²) in [7, 11) is 0. The number of hydrogen-bond donors (Lipinski definition) is 3. The predicted molar refractivity (Wildman–Crippen MR) is 82.2 cm³/mol. The van der Waals surface area contributed by atoms with Crippen LogP contribution in [0, 0.1) is 0 Å². The van der Waals surface area contributed by atoms with Gasteiger partial charge in [0.25, 0.3) is 0 Å². The molecule has 2 aromatic carbocycles. The summed E-state index contributed by atoms with van der Waals surface area (Å²) in [6.07, 6.45) is -1.25. The Bertz CT molecular complexity index is 658. The van der Waals surface area contributed by atoms with Crippen LogP contribution >= 0.6 is 0 Å². The normalized spacial score (nSPS) is 11.3. The fourth-order valence-electron chi connectivity index (χ4n) is 1.77. The van der Waals surface area contributed by atoms with Crippen LogP contribution in [0.5, 0.6) is 11.5 Å². The minimum Gasteiger partial charge on any atom is -0.465 e. The van der Waals surface area contributed by atoms with E-state index in [0.29, 0.717) is 17.2 Å². The number of carboxylic acid groups (broad SMARTS) is 1. The predicted octanol–water partition coefficient (Wildman–Crippen LogP) is 3.07. The molecule has 1 atom stereocenters. The van der Waals surface area contributed by atoms with Crippen molar-refractivity contribution < 1.29 is 19.4 Å². The van der Waals surface area contributed by atoms with Gasteiger partial charge in [-0.3, -0.25) is 4.79 Å². The van der Waals surface area contributed by atoms with Gasteiger partial charge in [0, 0.05) is 0 Å². The molecule has 0 aliphatic rings. The van der Waals surface area contributed by atoms with Crippen LogP contribution < -0.4 is 15.4 Å². The molecule has 6 heteroatoms. The molecular formula is C16H16N2O4. The van der Waals surface area contributed by atoms with E-state index in [1.165, 1.54) is 6.92 Å². The molecule has 6 nitrogen and oxygen atoms in total. The average Bonchev–Trinajstić information content (AvgIpc) is 2.49. The maximum atomic E-state index is 12.0. The zero-order valence-corrected chi connectivity index (χ0v) is 11.9. The zero-order valence-electron chi connectivity index (χ0n) is 11.9. The van der Waals surface area contributed by atoms with Crippen LogP contribution in [0.15, 0.2) is 54.6 Å². The largest absolute Gasteiger partial charge is 0.465 e. The number of benzene rings is 2. The van der Waals surface area contributed by atoms with Crippen LogP contribution in [-0.2, 0) is 4.79 Å². The molecule has 114 valence electrons. The van der Waals surface area contributed by atoms with E-state index in [2.05, 4.69) is 10.6 Å². The molecule has 0 unspecified atom stereocenters. The lowest BCUT2D eigenvalue weighted by atomic mass is 10.2. The second-order valence-electron chi connectivity index (χ2n) is 4.57. The first kappa shape index (κ1) is 15.4. The van der Waals surface area contributed by atoms with E-state index in [-0.39, 0.29) is 0 Å². The number of carbonyl (C=O) groups excluding carboxylic acids is 1. The van der Waals surface area contributed by atoms with Gasteiger partial charge in [-0.1, -0.05) is 30.3 Å². The average molecular weight is 300 g/mol. The SMILES string of the molecule is C[C@H](NC(=O)O)C(=O)Nc1ccccc1Oc1ccccc1. The van der Waals surface area contributed by atoms with Crippen LogP contribution in [-0.4, -0.2) is 23.1 Å². The summed E-state index contributed by atoms with van der Waals surface area (Å²) in [4.78, 5) is 22.5. The van der Waals surface area contributed by atoms with Gasteiger partial charge in [0.1, 0.15) is 11.8 Å². The van der Waals surface area contributed by atoms with Gasteiger partial charge in [-0.05, 0) is 31.2 Å². The number of para-hydroxylation sites is 3. The van der Waals surface area contributed by atoms with Crippen molar-refractivity contribution in [2.75, 3.05) is 5.32 Å². The Balaban J connectivity index is 2.11. The molecule has 0 spiro atoms. The minimum absolute atomic E-state index is 0.466. The van der Waals surface area contributed by atoms with Gasteiger partial charge in [-0.2, -0.15) is 0 Å². The molecule has 0 saturated carbocycles. The van der Waals surface area contributed by atoms with Crippen molar-refractivity contribution in [3.63, 3.8) is 0 Å². The highest BCUT2D eigenvalue weighted by Gasteiger charge is 2.16. The summed E-state index contributed by atoms with van der Waals surface area (Å²) < 4.78 is 5.72. The highest BCUT2D eigenvalue weighted by atomic mass is 16.5. The molecule has 2 amide bonds. The number of anilines is 1. The van der Waals surface area contributed by atoms with Gasteiger partial charge < -0.3 is 20.5 Å². The van der Waals surface area contributed by atoms with E-state index in [1.807, 2.05) is 18.2 Å². The van der Waals surface area contributed by atoms with E-state index in [1.54, 1.807) is 36.4 Å². The number of hydrogen-bond acceptors (Lipinski definition) is 3. The Hall–Kier alpha value is -3.02. The molecule has 0 aliphatic heterocycles. The van der Waals surface area contributed by atoms with E-state index >= 15 is 0 Å². The molecule has 0 saturated heterocycles. The van der Waals surface area contributed by atoms with Gasteiger partial charge in [-0.15, -0.1) is 0 Å². The quantitative estimate of drug-likeness (QED) is 0.792. The topological polar surface area (TPSA) is 87.7 Å². The van der Waals surface area contributed by atoms with E-state index in [9.17, 15) is 9.59 Å². The molecule has 0 bridgehead atoms. The Labute approximate surface area is 127 Å². The first-order valence-corrected chi connectivity index (χ1v) is 6.68. The van der Waals surface area contributed by atoms with Crippen LogP contribution in [0.3, 0.4) is 0 Å². The van der Waals surface area contributed by atoms with Crippen molar-refractivity contribution in [3.8, 4) is 11.5 Å². The maximum Gasteiger partial charge on any atom is 0.405 e. The summed E-state index contributed by atoms with van der Waals surface area (Å²) in [6, 6.07) is 15.2. The highest BCUT2D eigenvalue weighted by Crippen LogP contribution is 2.29. The highest BCUT2D eigenvalue weighted by molar-refractivity contribution is 5.97. The Morgan fingerprint density at radius 2 is 1.68 bits per heavy atom. The fourth-order valence-corrected chi connectivity index (χ4v) is 1.77. The van der Waals surface area contributed by atoms with Gasteiger partial charge in [-0.25, -0.2) is 4.79 Å². The summed E-state index contributed by atoms with van der Waals surface area (Å²) >= 11 is 0. The summed E-state index contributed by atoms with van der Waals surface area (Å²) in [5.74, 6) is 0.650. The minimum atomic E-state index is -1.25. The summed E-state index contributed by atoms with van der Waals surface area (Å²) in [6.45, 7) is 1.46. The molecule has 0 fully saturated rings. The second kappa shape index (κ2) is 7.12. The molecule has 2 rings (SSSR count). The van der Waals surface area contributed by atoms with Gasteiger partial charge >= 0.3 is 6.09 Å². The van der Waals surface area contributed by atoms with Crippen molar-refractivity contribution in [2.24, 2.45) is 0 Å². The Morgan fingerprint density at radius 3 is 2.36 bits per heavy atom. The molecule has 0 heterocycles. The van der Waals surface area contributed by atoms with E-state index in [0.717, 1.165) is 0 Å². The zero-order chi connectivity index (χ0) is 15.9.